The van der Waals surface area contributed by atoms with Crippen molar-refractivity contribution in [2.75, 3.05) is 5.84 Å². The highest BCUT2D eigenvalue weighted by Crippen LogP contribution is 2.22. The molecule has 0 amide bonds. The first kappa shape index (κ1) is 18.9. The van der Waals surface area contributed by atoms with Crippen molar-refractivity contribution in [3.63, 3.8) is 0 Å². The highest BCUT2D eigenvalue weighted by atomic mass is 32.2. The van der Waals surface area contributed by atoms with Crippen molar-refractivity contribution in [3.8, 4) is 17.1 Å². The van der Waals surface area contributed by atoms with Crippen molar-refractivity contribution in [2.24, 2.45) is 0 Å². The van der Waals surface area contributed by atoms with E-state index in [1.165, 1.54) is 52.8 Å². The van der Waals surface area contributed by atoms with Crippen molar-refractivity contribution in [3.05, 3.63) is 71.9 Å². The van der Waals surface area contributed by atoms with Gasteiger partial charge in [0.25, 0.3) is 0 Å². The minimum Gasteiger partial charge on any atom is -0.486 e. The van der Waals surface area contributed by atoms with Crippen molar-refractivity contribution in [1.29, 1.82) is 0 Å². The van der Waals surface area contributed by atoms with Gasteiger partial charge in [0.05, 0.1) is 5.75 Å². The van der Waals surface area contributed by atoms with E-state index in [0.29, 0.717) is 39.8 Å². The Labute approximate surface area is 167 Å². The molecule has 2 aromatic heterocycles. The van der Waals surface area contributed by atoms with Gasteiger partial charge < -0.3 is 15.1 Å². The van der Waals surface area contributed by atoms with Crippen LogP contribution >= 0.6 is 11.8 Å². The molecule has 8 nitrogen and oxygen atoms in total. The topological polar surface area (TPSA) is 105 Å². The van der Waals surface area contributed by atoms with Crippen LogP contribution in [0.3, 0.4) is 0 Å². The van der Waals surface area contributed by atoms with Crippen LogP contribution < -0.4 is 10.6 Å². The molecule has 0 saturated heterocycles. The van der Waals surface area contributed by atoms with Gasteiger partial charge >= 0.3 is 0 Å². The number of nitrogen functional groups attached to an aromatic ring is 1. The van der Waals surface area contributed by atoms with Gasteiger partial charge in [-0.1, -0.05) is 16.9 Å². The molecule has 2 heterocycles. The molecule has 2 N–H and O–H groups in total. The van der Waals surface area contributed by atoms with E-state index >= 15 is 0 Å². The van der Waals surface area contributed by atoms with Gasteiger partial charge in [0.15, 0.2) is 5.82 Å². The predicted octanol–water partition coefficient (Wildman–Crippen LogP) is 3.19. The Morgan fingerprint density at radius 1 is 1.00 bits per heavy atom. The van der Waals surface area contributed by atoms with E-state index < -0.39 is 0 Å². The number of rotatable bonds is 7. The lowest BCUT2D eigenvalue weighted by Crippen LogP contribution is -2.15. The summed E-state index contributed by atoms with van der Waals surface area (Å²) in [6, 6.07) is 11.4. The Hall–Kier alpha value is -3.47. The van der Waals surface area contributed by atoms with Gasteiger partial charge in [-0.15, -0.1) is 10.2 Å². The lowest BCUT2D eigenvalue weighted by Gasteiger charge is -2.05. The quantitative estimate of drug-likeness (QED) is 0.362. The molecule has 4 aromatic rings. The van der Waals surface area contributed by atoms with Crippen molar-refractivity contribution < 1.29 is 18.0 Å². The van der Waals surface area contributed by atoms with E-state index in [1.54, 1.807) is 12.1 Å². The number of aromatic nitrogens is 5. The summed E-state index contributed by atoms with van der Waals surface area (Å²) in [5.74, 6) is 7.25. The van der Waals surface area contributed by atoms with Crippen LogP contribution in [0.1, 0.15) is 11.7 Å². The number of hydrogen-bond acceptors (Lipinski definition) is 8. The van der Waals surface area contributed by atoms with Gasteiger partial charge in [-0.25, -0.2) is 13.5 Å². The third-order valence-electron chi connectivity index (χ3n) is 3.81. The molecule has 0 fully saturated rings. The van der Waals surface area contributed by atoms with E-state index in [0.717, 1.165) is 0 Å². The van der Waals surface area contributed by atoms with Crippen LogP contribution in [-0.4, -0.2) is 25.0 Å². The number of nitrogens with two attached hydrogens (primary N) is 1. The minimum absolute atomic E-state index is 0.0744. The highest BCUT2D eigenvalue weighted by Gasteiger charge is 2.14. The van der Waals surface area contributed by atoms with Crippen LogP contribution in [0, 0.1) is 11.6 Å². The first-order valence-electron chi connectivity index (χ1n) is 8.37. The average Bonchev–Trinajstić information content (AvgIpc) is 3.33. The molecule has 0 atom stereocenters. The maximum atomic E-state index is 13.0. The summed E-state index contributed by atoms with van der Waals surface area (Å²) in [5.41, 5.74) is 0.647. The minimum atomic E-state index is -0.346. The number of hydrogen-bond donors (Lipinski definition) is 1. The van der Waals surface area contributed by atoms with Gasteiger partial charge in [-0.3, -0.25) is 0 Å². The van der Waals surface area contributed by atoms with Crippen LogP contribution in [-0.2, 0) is 12.4 Å². The second-order valence-corrected chi connectivity index (χ2v) is 6.76. The number of ether oxygens (including phenoxy) is 1. The standard InChI is InChI=1S/C18H14F2N6O2S/c19-12-3-1-11(2-4-12)17-22-16(28-25-17)10-29-18-24-23-15(26(18)21)9-27-14-7-5-13(20)6-8-14/h1-8H,9-10,21H2. The molecule has 0 radical (unpaired) electrons. The van der Waals surface area contributed by atoms with E-state index in [4.69, 9.17) is 15.1 Å². The first-order valence-corrected chi connectivity index (χ1v) is 9.36. The Morgan fingerprint density at radius 3 is 2.41 bits per heavy atom. The fourth-order valence-electron chi connectivity index (χ4n) is 2.34. The maximum absolute atomic E-state index is 13.0. The molecule has 29 heavy (non-hydrogen) atoms. The summed E-state index contributed by atoms with van der Waals surface area (Å²) in [6.07, 6.45) is 0. The zero-order valence-electron chi connectivity index (χ0n) is 14.8. The Kier molecular flexibility index (Phi) is 5.38. The molecule has 2 aromatic carbocycles. The molecular formula is C18H14F2N6O2S. The van der Waals surface area contributed by atoms with Gasteiger partial charge in [-0.2, -0.15) is 4.98 Å². The van der Waals surface area contributed by atoms with Gasteiger partial charge in [0.1, 0.15) is 24.0 Å². The number of nitrogens with zero attached hydrogens (tertiary/aromatic N) is 5. The monoisotopic (exact) mass is 416 g/mol. The van der Waals surface area contributed by atoms with Crippen LogP contribution in [0.4, 0.5) is 8.78 Å². The van der Waals surface area contributed by atoms with Crippen LogP contribution in [0.15, 0.2) is 58.2 Å². The SMILES string of the molecule is Nn1c(COc2ccc(F)cc2)nnc1SCc1nc(-c2ccc(F)cc2)no1. The first-order chi connectivity index (χ1) is 14.1. The lowest BCUT2D eigenvalue weighted by atomic mass is 10.2. The highest BCUT2D eigenvalue weighted by molar-refractivity contribution is 7.98. The molecule has 0 aliphatic carbocycles. The molecule has 0 bridgehead atoms. The molecular weight excluding hydrogens is 402 g/mol. The summed E-state index contributed by atoms with van der Waals surface area (Å²) in [4.78, 5) is 4.27. The molecule has 4 rings (SSSR count). The molecule has 11 heteroatoms. The summed E-state index contributed by atoms with van der Waals surface area (Å²) < 4.78 is 37.9. The van der Waals surface area contributed by atoms with Crippen molar-refractivity contribution >= 4 is 11.8 Å². The summed E-state index contributed by atoms with van der Waals surface area (Å²) in [6.45, 7) is 0.0744. The molecule has 0 aliphatic heterocycles. The van der Waals surface area contributed by atoms with E-state index in [9.17, 15) is 8.78 Å². The number of benzene rings is 2. The third-order valence-corrected chi connectivity index (χ3v) is 4.74. The Balaban J connectivity index is 1.35. The Bertz CT molecular complexity index is 1100. The predicted molar refractivity (Wildman–Crippen MR) is 100 cm³/mol. The van der Waals surface area contributed by atoms with E-state index in [1.807, 2.05) is 0 Å². The molecule has 0 spiro atoms. The normalized spacial score (nSPS) is 11.0. The van der Waals surface area contributed by atoms with Crippen LogP contribution in [0.5, 0.6) is 5.75 Å². The number of thioether (sulfide) groups is 1. The third kappa shape index (κ3) is 4.51. The van der Waals surface area contributed by atoms with Gasteiger partial charge in [0, 0.05) is 5.56 Å². The smallest absolute Gasteiger partial charge is 0.237 e. The second-order valence-electron chi connectivity index (χ2n) is 5.82. The van der Waals surface area contributed by atoms with E-state index in [-0.39, 0.29) is 18.2 Å². The molecule has 0 saturated carbocycles. The lowest BCUT2D eigenvalue weighted by molar-refractivity contribution is 0.291. The van der Waals surface area contributed by atoms with Gasteiger partial charge in [-0.05, 0) is 48.5 Å². The molecule has 148 valence electrons. The van der Waals surface area contributed by atoms with Crippen LogP contribution in [0.25, 0.3) is 11.4 Å². The van der Waals surface area contributed by atoms with Crippen molar-refractivity contribution in [1.82, 2.24) is 25.0 Å². The zero-order chi connectivity index (χ0) is 20.2. The fraction of sp³-hybridized carbons (Fsp3) is 0.111. The van der Waals surface area contributed by atoms with E-state index in [2.05, 4.69) is 20.3 Å². The van der Waals surface area contributed by atoms with Crippen molar-refractivity contribution in [2.45, 2.75) is 17.5 Å². The molecule has 0 aliphatic rings. The summed E-state index contributed by atoms with van der Waals surface area (Å²) >= 11 is 1.26. The summed E-state index contributed by atoms with van der Waals surface area (Å²) in [5, 5.41) is 12.3. The maximum Gasteiger partial charge on any atom is 0.237 e. The van der Waals surface area contributed by atoms with Crippen LogP contribution in [0.2, 0.25) is 0 Å². The zero-order valence-corrected chi connectivity index (χ0v) is 15.6. The number of halogens is 2. The fourth-order valence-corrected chi connectivity index (χ4v) is 3.05. The molecule has 0 unspecified atom stereocenters. The largest absolute Gasteiger partial charge is 0.486 e. The average molecular weight is 416 g/mol. The van der Waals surface area contributed by atoms with Gasteiger partial charge in [0.2, 0.25) is 16.9 Å². The second kappa shape index (κ2) is 8.27. The summed E-state index contributed by atoms with van der Waals surface area (Å²) in [7, 11) is 0. The Morgan fingerprint density at radius 2 is 1.69 bits per heavy atom.